The average Bonchev–Trinajstić information content (AvgIpc) is 2.35. The van der Waals surface area contributed by atoms with E-state index in [0.29, 0.717) is 31.2 Å². The van der Waals surface area contributed by atoms with Crippen LogP contribution in [0.1, 0.15) is 53.4 Å². The highest BCUT2D eigenvalue weighted by atomic mass is 16.2. The van der Waals surface area contributed by atoms with E-state index in [0.717, 1.165) is 12.8 Å². The van der Waals surface area contributed by atoms with Gasteiger partial charge in [-0.3, -0.25) is 9.59 Å². The molecule has 1 fully saturated rings. The van der Waals surface area contributed by atoms with Gasteiger partial charge in [-0.25, -0.2) is 0 Å². The first-order valence-electron chi connectivity index (χ1n) is 7.62. The highest BCUT2D eigenvalue weighted by Gasteiger charge is 2.38. The van der Waals surface area contributed by atoms with Gasteiger partial charge in [0.05, 0.1) is 5.54 Å². The second-order valence-electron chi connectivity index (χ2n) is 6.69. The molecule has 0 aromatic heterocycles. The summed E-state index contributed by atoms with van der Waals surface area (Å²) < 4.78 is 0. The minimum atomic E-state index is -0.815. The lowest BCUT2D eigenvalue weighted by Crippen LogP contribution is -2.59. The fourth-order valence-electron chi connectivity index (χ4n) is 2.66. The van der Waals surface area contributed by atoms with Crippen LogP contribution in [0.3, 0.4) is 0 Å². The molecule has 1 aliphatic carbocycles. The summed E-state index contributed by atoms with van der Waals surface area (Å²) >= 11 is 0. The molecule has 1 aliphatic rings. The summed E-state index contributed by atoms with van der Waals surface area (Å²) in [5.74, 6) is 0.502. The first kappa shape index (κ1) is 17.0. The number of hydrogen-bond donors (Lipinski definition) is 3. The van der Waals surface area contributed by atoms with E-state index in [9.17, 15) is 9.59 Å². The zero-order valence-electron chi connectivity index (χ0n) is 13.2. The van der Waals surface area contributed by atoms with Crippen molar-refractivity contribution in [3.05, 3.63) is 0 Å². The van der Waals surface area contributed by atoms with E-state index >= 15 is 0 Å². The van der Waals surface area contributed by atoms with Gasteiger partial charge in [0.2, 0.25) is 11.8 Å². The van der Waals surface area contributed by atoms with Crippen LogP contribution in [-0.4, -0.2) is 29.9 Å². The van der Waals surface area contributed by atoms with Gasteiger partial charge in [-0.2, -0.15) is 0 Å². The van der Waals surface area contributed by atoms with Gasteiger partial charge in [0.1, 0.15) is 6.04 Å². The third-order valence-corrected chi connectivity index (χ3v) is 3.91. The molecular formula is C15H29N3O2. The lowest BCUT2D eigenvalue weighted by Gasteiger charge is -2.36. The van der Waals surface area contributed by atoms with Crippen molar-refractivity contribution >= 4 is 11.8 Å². The van der Waals surface area contributed by atoms with E-state index in [4.69, 9.17) is 5.73 Å². The summed E-state index contributed by atoms with van der Waals surface area (Å²) in [5, 5.41) is 5.58. The monoisotopic (exact) mass is 283 g/mol. The summed E-state index contributed by atoms with van der Waals surface area (Å²) in [6.07, 6.45) is 3.48. The van der Waals surface area contributed by atoms with Crippen LogP contribution < -0.4 is 16.4 Å². The molecule has 1 rings (SSSR count). The normalized spacial score (nSPS) is 28.0. The Balaban J connectivity index is 2.50. The quantitative estimate of drug-likeness (QED) is 0.708. The molecular weight excluding hydrogens is 254 g/mol. The number of nitrogens with one attached hydrogen (secondary N) is 2. The van der Waals surface area contributed by atoms with Crippen molar-refractivity contribution in [2.75, 3.05) is 6.54 Å². The summed E-state index contributed by atoms with van der Waals surface area (Å²) in [5.41, 5.74) is 5.40. The molecule has 20 heavy (non-hydrogen) atoms. The highest BCUT2D eigenvalue weighted by molar-refractivity contribution is 5.91. The molecule has 3 unspecified atom stereocenters. The van der Waals surface area contributed by atoms with Gasteiger partial charge in [0, 0.05) is 6.54 Å². The molecule has 0 bridgehead atoms. The van der Waals surface area contributed by atoms with E-state index in [1.165, 1.54) is 0 Å². The van der Waals surface area contributed by atoms with Crippen molar-refractivity contribution in [3.8, 4) is 0 Å². The van der Waals surface area contributed by atoms with Crippen LogP contribution in [0.5, 0.6) is 0 Å². The topological polar surface area (TPSA) is 84.2 Å². The van der Waals surface area contributed by atoms with Crippen LogP contribution in [0.2, 0.25) is 0 Å². The zero-order chi connectivity index (χ0) is 15.3. The average molecular weight is 283 g/mol. The van der Waals surface area contributed by atoms with E-state index in [1.54, 1.807) is 6.92 Å². The Kier molecular flexibility index (Phi) is 5.99. The second-order valence-corrected chi connectivity index (χ2v) is 6.69. The summed E-state index contributed by atoms with van der Waals surface area (Å²) in [6.45, 7) is 8.49. The largest absolute Gasteiger partial charge is 0.354 e. The molecule has 0 aromatic carbocycles. The Hall–Kier alpha value is -1.10. The third kappa shape index (κ3) is 4.78. The Bertz CT molecular complexity index is 357. The number of amides is 2. The first-order chi connectivity index (χ1) is 9.24. The molecule has 1 saturated carbocycles. The molecule has 5 nitrogen and oxygen atoms in total. The summed E-state index contributed by atoms with van der Waals surface area (Å²) in [4.78, 5) is 24.2. The van der Waals surface area contributed by atoms with E-state index < -0.39 is 11.6 Å². The molecule has 0 aliphatic heterocycles. The number of carbonyl (C=O) groups is 2. The predicted molar refractivity (Wildman–Crippen MR) is 80.0 cm³/mol. The summed E-state index contributed by atoms with van der Waals surface area (Å²) in [7, 11) is 0. The Labute approximate surface area is 122 Å². The van der Waals surface area contributed by atoms with Crippen molar-refractivity contribution in [3.63, 3.8) is 0 Å². The lowest BCUT2D eigenvalue weighted by molar-refractivity contribution is -0.132. The molecule has 0 radical (unpaired) electrons. The van der Waals surface area contributed by atoms with Gasteiger partial charge in [-0.1, -0.05) is 33.6 Å². The fourth-order valence-corrected chi connectivity index (χ4v) is 2.66. The van der Waals surface area contributed by atoms with Crippen LogP contribution in [-0.2, 0) is 9.59 Å². The van der Waals surface area contributed by atoms with Gasteiger partial charge in [-0.15, -0.1) is 0 Å². The Morgan fingerprint density at radius 1 is 1.35 bits per heavy atom. The van der Waals surface area contributed by atoms with Crippen LogP contribution in [0.4, 0.5) is 0 Å². The SMILES string of the molecule is CC(C)CNC(=O)C(C)NC(=O)C1(N)CCCC(C)C1. The Morgan fingerprint density at radius 2 is 2.00 bits per heavy atom. The third-order valence-electron chi connectivity index (χ3n) is 3.91. The Morgan fingerprint density at radius 3 is 2.55 bits per heavy atom. The summed E-state index contributed by atoms with van der Waals surface area (Å²) in [6, 6.07) is -0.543. The molecule has 116 valence electrons. The van der Waals surface area contributed by atoms with Crippen LogP contribution in [0, 0.1) is 11.8 Å². The van der Waals surface area contributed by atoms with Gasteiger partial charge in [0.25, 0.3) is 0 Å². The van der Waals surface area contributed by atoms with E-state index in [1.807, 2.05) is 13.8 Å². The maximum absolute atomic E-state index is 12.3. The number of rotatable bonds is 5. The molecule has 0 aromatic rings. The molecule has 0 spiro atoms. The predicted octanol–water partition coefficient (Wildman–Crippen LogP) is 1.17. The molecule has 0 saturated heterocycles. The fraction of sp³-hybridized carbons (Fsp3) is 0.867. The molecule has 2 amide bonds. The smallest absolute Gasteiger partial charge is 0.242 e. The van der Waals surface area contributed by atoms with Crippen molar-refractivity contribution in [2.45, 2.75) is 65.0 Å². The van der Waals surface area contributed by atoms with Gasteiger partial charge in [0.15, 0.2) is 0 Å². The van der Waals surface area contributed by atoms with Gasteiger partial charge >= 0.3 is 0 Å². The van der Waals surface area contributed by atoms with Gasteiger partial charge < -0.3 is 16.4 Å². The maximum atomic E-state index is 12.3. The van der Waals surface area contributed by atoms with E-state index in [-0.39, 0.29) is 11.8 Å². The number of carbonyl (C=O) groups excluding carboxylic acids is 2. The standard InChI is InChI=1S/C15H29N3O2/c1-10(2)9-17-13(19)12(4)18-14(20)15(16)7-5-6-11(3)8-15/h10-12H,5-9,16H2,1-4H3,(H,17,19)(H,18,20). The van der Waals surface area contributed by atoms with Crippen LogP contribution in [0.15, 0.2) is 0 Å². The van der Waals surface area contributed by atoms with E-state index in [2.05, 4.69) is 17.6 Å². The number of hydrogen-bond acceptors (Lipinski definition) is 3. The minimum absolute atomic E-state index is 0.153. The molecule has 4 N–H and O–H groups in total. The number of nitrogens with two attached hydrogens (primary N) is 1. The molecule has 5 heteroatoms. The van der Waals surface area contributed by atoms with Crippen molar-refractivity contribution in [1.82, 2.24) is 10.6 Å². The van der Waals surface area contributed by atoms with Crippen LogP contribution >= 0.6 is 0 Å². The molecule has 3 atom stereocenters. The van der Waals surface area contributed by atoms with Crippen LogP contribution in [0.25, 0.3) is 0 Å². The second kappa shape index (κ2) is 7.07. The van der Waals surface area contributed by atoms with Crippen molar-refractivity contribution in [1.29, 1.82) is 0 Å². The zero-order valence-corrected chi connectivity index (χ0v) is 13.2. The van der Waals surface area contributed by atoms with Crippen molar-refractivity contribution < 1.29 is 9.59 Å². The highest BCUT2D eigenvalue weighted by Crippen LogP contribution is 2.30. The van der Waals surface area contributed by atoms with Gasteiger partial charge in [-0.05, 0) is 31.6 Å². The van der Waals surface area contributed by atoms with Crippen molar-refractivity contribution in [2.24, 2.45) is 17.6 Å². The molecule has 0 heterocycles. The first-order valence-corrected chi connectivity index (χ1v) is 7.62. The lowest BCUT2D eigenvalue weighted by atomic mass is 9.76. The maximum Gasteiger partial charge on any atom is 0.242 e. The minimum Gasteiger partial charge on any atom is -0.354 e.